The quantitative estimate of drug-likeness (QED) is 0.218. The second-order valence-corrected chi connectivity index (χ2v) is 10.9. The van der Waals surface area contributed by atoms with E-state index in [1.54, 1.807) is 0 Å². The summed E-state index contributed by atoms with van der Waals surface area (Å²) >= 11 is 1.87. The number of fused-ring (bicyclic) bond motifs is 7. The number of anilines is 3. The van der Waals surface area contributed by atoms with Gasteiger partial charge in [0.15, 0.2) is 0 Å². The zero-order valence-electron chi connectivity index (χ0n) is 20.6. The number of hydrogen-bond acceptors (Lipinski definition) is 2. The van der Waals surface area contributed by atoms with E-state index in [0.717, 1.165) is 11.4 Å². The monoisotopic (exact) mass is 501 g/mol. The summed E-state index contributed by atoms with van der Waals surface area (Å²) in [5.41, 5.74) is 3.49. The summed E-state index contributed by atoms with van der Waals surface area (Å²) in [5.74, 6) is 0. The molecule has 2 heteroatoms. The normalized spacial score (nSPS) is 11.7. The van der Waals surface area contributed by atoms with Gasteiger partial charge in [0.05, 0.1) is 5.69 Å². The van der Waals surface area contributed by atoms with Crippen LogP contribution in [0.25, 0.3) is 52.5 Å². The van der Waals surface area contributed by atoms with Crippen LogP contribution in [0.15, 0.2) is 140 Å². The zero-order chi connectivity index (χ0) is 25.1. The van der Waals surface area contributed by atoms with Crippen LogP contribution in [0.4, 0.5) is 17.1 Å². The van der Waals surface area contributed by atoms with Gasteiger partial charge in [0, 0.05) is 36.9 Å². The van der Waals surface area contributed by atoms with E-state index in [1.165, 1.54) is 58.2 Å². The molecule has 8 aromatic rings. The first-order valence-corrected chi connectivity index (χ1v) is 13.8. The molecule has 0 atom stereocenters. The van der Waals surface area contributed by atoms with Gasteiger partial charge in [0.2, 0.25) is 0 Å². The van der Waals surface area contributed by atoms with Crippen LogP contribution in [0.5, 0.6) is 0 Å². The van der Waals surface area contributed by atoms with Gasteiger partial charge in [-0.15, -0.1) is 11.3 Å². The van der Waals surface area contributed by atoms with Gasteiger partial charge in [-0.3, -0.25) is 0 Å². The van der Waals surface area contributed by atoms with E-state index in [1.807, 2.05) is 11.3 Å². The lowest BCUT2D eigenvalue weighted by atomic mass is 9.98. The summed E-state index contributed by atoms with van der Waals surface area (Å²) < 4.78 is 2.68. The molecular formula is C36H23NS. The van der Waals surface area contributed by atoms with Crippen molar-refractivity contribution in [1.82, 2.24) is 0 Å². The molecule has 0 aliphatic heterocycles. The molecule has 0 unspecified atom stereocenters. The third kappa shape index (κ3) is 3.31. The molecule has 1 nitrogen and oxygen atoms in total. The third-order valence-electron chi connectivity index (χ3n) is 7.58. The van der Waals surface area contributed by atoms with Crippen molar-refractivity contribution >= 4 is 80.9 Å². The molecule has 0 amide bonds. The van der Waals surface area contributed by atoms with Gasteiger partial charge in [0.25, 0.3) is 0 Å². The lowest BCUT2D eigenvalue weighted by molar-refractivity contribution is 1.31. The number of nitrogens with zero attached hydrogens (tertiary/aromatic N) is 1. The molecule has 178 valence electrons. The molecule has 0 spiro atoms. The number of benzene rings is 7. The highest BCUT2D eigenvalue weighted by Crippen LogP contribution is 2.43. The van der Waals surface area contributed by atoms with E-state index in [9.17, 15) is 0 Å². The van der Waals surface area contributed by atoms with Crippen molar-refractivity contribution in [2.45, 2.75) is 0 Å². The second kappa shape index (κ2) is 8.44. The number of hydrogen-bond donors (Lipinski definition) is 0. The first-order valence-electron chi connectivity index (χ1n) is 12.9. The highest BCUT2D eigenvalue weighted by Gasteiger charge is 2.17. The summed E-state index contributed by atoms with van der Waals surface area (Å²) in [4.78, 5) is 2.41. The van der Waals surface area contributed by atoms with Crippen LogP contribution in [0.2, 0.25) is 0 Å². The van der Waals surface area contributed by atoms with Crippen LogP contribution >= 0.6 is 11.3 Å². The van der Waals surface area contributed by atoms with Gasteiger partial charge in [-0.2, -0.15) is 0 Å². The first kappa shape index (κ1) is 21.4. The molecule has 7 aromatic carbocycles. The lowest BCUT2D eigenvalue weighted by Gasteiger charge is -2.28. The minimum absolute atomic E-state index is 1.15. The summed E-state index contributed by atoms with van der Waals surface area (Å²) in [6.07, 6.45) is 0. The van der Waals surface area contributed by atoms with Crippen molar-refractivity contribution in [2.75, 3.05) is 4.90 Å². The van der Waals surface area contributed by atoms with Crippen molar-refractivity contribution in [3.63, 3.8) is 0 Å². The fourth-order valence-electron chi connectivity index (χ4n) is 5.82. The lowest BCUT2D eigenvalue weighted by Crippen LogP contribution is -2.10. The molecule has 1 aromatic heterocycles. The minimum atomic E-state index is 1.15. The molecule has 0 saturated carbocycles. The van der Waals surface area contributed by atoms with E-state index in [-0.39, 0.29) is 0 Å². The Morgan fingerprint density at radius 2 is 1.08 bits per heavy atom. The smallest absolute Gasteiger partial charge is 0.0546 e. The molecule has 0 saturated heterocycles. The van der Waals surface area contributed by atoms with Gasteiger partial charge in [-0.25, -0.2) is 0 Å². The average Bonchev–Trinajstić information content (AvgIpc) is 3.34. The standard InChI is InChI=1S/C36H23NS/c1-2-11-27(12-3-1)37(34-22-25-10-4-5-13-29(25)30-14-6-7-15-31(30)34)28-19-18-24-23-36-33(21-26(24)20-28)32-16-8-9-17-35(32)38-36/h1-23H. The maximum Gasteiger partial charge on any atom is 0.0546 e. The van der Waals surface area contributed by atoms with Crippen molar-refractivity contribution in [3.05, 3.63) is 140 Å². The summed E-state index contributed by atoms with van der Waals surface area (Å²) in [5, 5.41) is 10.2. The zero-order valence-corrected chi connectivity index (χ0v) is 21.5. The molecule has 0 bridgehead atoms. The third-order valence-corrected chi connectivity index (χ3v) is 8.71. The Balaban J connectivity index is 1.42. The van der Waals surface area contributed by atoms with Gasteiger partial charge in [-0.1, -0.05) is 91.0 Å². The van der Waals surface area contributed by atoms with Crippen molar-refractivity contribution in [1.29, 1.82) is 0 Å². The molecule has 0 aliphatic rings. The minimum Gasteiger partial charge on any atom is -0.310 e. The van der Waals surface area contributed by atoms with Crippen molar-refractivity contribution < 1.29 is 0 Å². The number of para-hydroxylation sites is 1. The molecule has 0 fully saturated rings. The first-order chi connectivity index (χ1) is 18.8. The van der Waals surface area contributed by atoms with E-state index >= 15 is 0 Å². The van der Waals surface area contributed by atoms with E-state index < -0.39 is 0 Å². The highest BCUT2D eigenvalue weighted by atomic mass is 32.1. The second-order valence-electron chi connectivity index (χ2n) is 9.81. The Bertz CT molecular complexity index is 2140. The van der Waals surface area contributed by atoms with Crippen LogP contribution < -0.4 is 4.90 Å². The predicted molar refractivity (Wildman–Crippen MR) is 167 cm³/mol. The maximum absolute atomic E-state index is 2.41. The summed E-state index contributed by atoms with van der Waals surface area (Å²) in [6.45, 7) is 0. The molecular weight excluding hydrogens is 478 g/mol. The Kier molecular flexibility index (Phi) is 4.76. The largest absolute Gasteiger partial charge is 0.310 e. The van der Waals surface area contributed by atoms with Crippen molar-refractivity contribution in [2.24, 2.45) is 0 Å². The summed E-state index contributed by atoms with van der Waals surface area (Å²) in [6, 6.07) is 50.8. The van der Waals surface area contributed by atoms with E-state index in [0.29, 0.717) is 0 Å². The van der Waals surface area contributed by atoms with Crippen LogP contribution in [-0.4, -0.2) is 0 Å². The molecule has 0 N–H and O–H groups in total. The van der Waals surface area contributed by atoms with Gasteiger partial charge < -0.3 is 4.90 Å². The predicted octanol–water partition coefficient (Wildman–Crippen LogP) is 11.0. The fourth-order valence-corrected chi connectivity index (χ4v) is 6.95. The Morgan fingerprint density at radius 1 is 0.368 bits per heavy atom. The molecule has 38 heavy (non-hydrogen) atoms. The number of rotatable bonds is 3. The van der Waals surface area contributed by atoms with Gasteiger partial charge in [0.1, 0.15) is 0 Å². The Labute approximate surface area is 224 Å². The Hall–Kier alpha value is -4.66. The Morgan fingerprint density at radius 3 is 1.95 bits per heavy atom. The molecule has 0 aliphatic carbocycles. The average molecular weight is 502 g/mol. The fraction of sp³-hybridized carbons (Fsp3) is 0. The van der Waals surface area contributed by atoms with Crippen LogP contribution in [0, 0.1) is 0 Å². The molecule has 0 radical (unpaired) electrons. The molecule has 1 heterocycles. The van der Waals surface area contributed by atoms with Gasteiger partial charge >= 0.3 is 0 Å². The van der Waals surface area contributed by atoms with Crippen LogP contribution in [-0.2, 0) is 0 Å². The van der Waals surface area contributed by atoms with E-state index in [4.69, 9.17) is 0 Å². The van der Waals surface area contributed by atoms with E-state index in [2.05, 4.69) is 144 Å². The molecule has 8 rings (SSSR count). The number of thiophene rings is 1. The highest BCUT2D eigenvalue weighted by molar-refractivity contribution is 7.25. The van der Waals surface area contributed by atoms with Crippen molar-refractivity contribution in [3.8, 4) is 0 Å². The van der Waals surface area contributed by atoms with Crippen LogP contribution in [0.1, 0.15) is 0 Å². The van der Waals surface area contributed by atoms with Gasteiger partial charge in [-0.05, 0) is 75.5 Å². The SMILES string of the molecule is c1ccc(N(c2ccc3cc4sc5ccccc5c4cc3c2)c2cc3ccccc3c3ccccc23)cc1. The topological polar surface area (TPSA) is 3.24 Å². The maximum atomic E-state index is 2.41. The van der Waals surface area contributed by atoms with Crippen LogP contribution in [0.3, 0.4) is 0 Å². The summed E-state index contributed by atoms with van der Waals surface area (Å²) in [7, 11) is 0.